The van der Waals surface area contributed by atoms with Crippen molar-refractivity contribution >= 4 is 52.7 Å². The third-order valence-corrected chi connectivity index (χ3v) is 8.67. The number of aromatic nitrogens is 2. The molecule has 0 aliphatic heterocycles. The molecular weight excluding hydrogens is 567 g/mol. The highest BCUT2D eigenvalue weighted by Crippen LogP contribution is 2.36. The summed E-state index contributed by atoms with van der Waals surface area (Å²) in [5.74, 6) is 1.36. The normalized spacial score (nSPS) is 11.5. The fourth-order valence-electron chi connectivity index (χ4n) is 3.90. The van der Waals surface area contributed by atoms with E-state index >= 15 is 0 Å². The molecular formula is C31H45N7O2S2. The van der Waals surface area contributed by atoms with Gasteiger partial charge in [0.15, 0.2) is 12.1 Å². The van der Waals surface area contributed by atoms with Gasteiger partial charge in [0.1, 0.15) is 17.7 Å². The van der Waals surface area contributed by atoms with Crippen molar-refractivity contribution in [2.24, 2.45) is 11.5 Å². The molecule has 0 fully saturated rings. The third-order valence-electron chi connectivity index (χ3n) is 6.25. The molecule has 0 unspecified atom stereocenters. The summed E-state index contributed by atoms with van der Waals surface area (Å²) in [6.07, 6.45) is 1.97. The highest BCUT2D eigenvalue weighted by molar-refractivity contribution is 7.99. The molecule has 0 aliphatic carbocycles. The number of nitrogens with two attached hydrogens (primary N) is 5. The van der Waals surface area contributed by atoms with Gasteiger partial charge in [-0.25, -0.2) is 9.97 Å². The van der Waals surface area contributed by atoms with Gasteiger partial charge >= 0.3 is 0 Å². The standard InChI is InChI=1S/C19H24N4O2S.C12H21N3S/c1-19(2,3)13-6-12(18(15(21)8-13)26-5-4-20)7-17(25)16-9-14(10-24)22-11-23-16;1-12(2,3)8-6-9(14)11(10(15)7-8)16-5-4-13/h6,8-11H,4-5,7,20-21H2,1-3H3;6-7H,4-5,13-15H2,1-3H3. The Morgan fingerprint density at radius 1 is 0.762 bits per heavy atom. The summed E-state index contributed by atoms with van der Waals surface area (Å²) in [5.41, 5.74) is 35.0. The van der Waals surface area contributed by atoms with Crippen LogP contribution in [0.4, 0.5) is 17.1 Å². The minimum absolute atomic E-state index is 0.0688. The second kappa shape index (κ2) is 15.4. The molecule has 42 heavy (non-hydrogen) atoms. The van der Waals surface area contributed by atoms with Crippen molar-refractivity contribution in [3.63, 3.8) is 0 Å². The Morgan fingerprint density at radius 3 is 1.71 bits per heavy atom. The smallest absolute Gasteiger partial charge is 0.185 e. The number of thioether (sulfide) groups is 2. The van der Waals surface area contributed by atoms with Crippen LogP contribution in [0.3, 0.4) is 0 Å². The fourth-order valence-corrected chi connectivity index (χ4v) is 5.54. The molecule has 0 bridgehead atoms. The predicted molar refractivity (Wildman–Crippen MR) is 179 cm³/mol. The summed E-state index contributed by atoms with van der Waals surface area (Å²) >= 11 is 3.16. The largest absolute Gasteiger partial charge is 0.398 e. The van der Waals surface area contributed by atoms with Crippen LogP contribution in [0.25, 0.3) is 0 Å². The van der Waals surface area contributed by atoms with E-state index in [1.54, 1.807) is 23.5 Å². The molecule has 0 spiro atoms. The topological polar surface area (TPSA) is 190 Å². The van der Waals surface area contributed by atoms with E-state index in [1.165, 1.54) is 18.0 Å². The van der Waals surface area contributed by atoms with E-state index in [2.05, 4.69) is 51.5 Å². The fraction of sp³-hybridized carbons (Fsp3) is 0.419. The Kier molecular flexibility index (Phi) is 12.8. The van der Waals surface area contributed by atoms with Crippen LogP contribution in [-0.4, -0.2) is 46.6 Å². The number of nitrogen functional groups attached to an aromatic ring is 3. The van der Waals surface area contributed by atoms with E-state index in [0.717, 1.165) is 38.0 Å². The SMILES string of the molecule is CC(C)(C)c1cc(N)c(SCCN)c(CC(=O)c2cc(C=O)ncn2)c1.CC(C)(C)c1cc(N)c(SCCN)c(N)c1. The van der Waals surface area contributed by atoms with Crippen molar-refractivity contribution in [1.82, 2.24) is 9.97 Å². The van der Waals surface area contributed by atoms with E-state index in [1.807, 2.05) is 24.3 Å². The van der Waals surface area contributed by atoms with Gasteiger partial charge < -0.3 is 28.7 Å². The quantitative estimate of drug-likeness (QED) is 0.0912. The molecule has 2 aromatic carbocycles. The zero-order chi connectivity index (χ0) is 31.7. The summed E-state index contributed by atoms with van der Waals surface area (Å²) in [7, 11) is 0. The summed E-state index contributed by atoms with van der Waals surface area (Å²) in [6, 6.07) is 9.40. The Bertz CT molecular complexity index is 1360. The van der Waals surface area contributed by atoms with Crippen molar-refractivity contribution in [2.45, 2.75) is 68.6 Å². The van der Waals surface area contributed by atoms with Crippen molar-refractivity contribution < 1.29 is 9.59 Å². The molecule has 0 saturated heterocycles. The molecule has 0 saturated carbocycles. The zero-order valence-electron chi connectivity index (χ0n) is 25.5. The number of anilines is 3. The van der Waals surface area contributed by atoms with E-state index in [-0.39, 0.29) is 34.4 Å². The van der Waals surface area contributed by atoms with Crippen LogP contribution in [0.15, 0.2) is 46.5 Å². The molecule has 1 heterocycles. The number of benzene rings is 2. The van der Waals surface area contributed by atoms with Crippen LogP contribution in [0.1, 0.15) is 79.2 Å². The number of hydrogen-bond donors (Lipinski definition) is 5. The third kappa shape index (κ3) is 10.0. The van der Waals surface area contributed by atoms with Crippen molar-refractivity contribution in [3.05, 3.63) is 64.7 Å². The second-order valence-electron chi connectivity index (χ2n) is 11.9. The monoisotopic (exact) mass is 611 g/mol. The molecule has 0 amide bonds. The van der Waals surface area contributed by atoms with Crippen LogP contribution >= 0.6 is 23.5 Å². The zero-order valence-corrected chi connectivity index (χ0v) is 27.1. The lowest BCUT2D eigenvalue weighted by atomic mass is 9.85. The molecule has 1 aromatic heterocycles. The van der Waals surface area contributed by atoms with Gasteiger partial charge in [-0.15, -0.1) is 23.5 Å². The van der Waals surface area contributed by atoms with Crippen LogP contribution in [-0.2, 0) is 17.3 Å². The number of ketones is 1. The lowest BCUT2D eigenvalue weighted by molar-refractivity contribution is 0.0987. The summed E-state index contributed by atoms with van der Waals surface area (Å²) in [4.78, 5) is 33.2. The highest BCUT2D eigenvalue weighted by Gasteiger charge is 2.21. The average molecular weight is 612 g/mol. The minimum atomic E-state index is -0.185. The second-order valence-corrected chi connectivity index (χ2v) is 14.1. The van der Waals surface area contributed by atoms with Crippen LogP contribution in [0.5, 0.6) is 0 Å². The average Bonchev–Trinajstić information content (AvgIpc) is 2.91. The van der Waals surface area contributed by atoms with Crippen molar-refractivity contribution in [3.8, 4) is 0 Å². The lowest BCUT2D eigenvalue weighted by Crippen LogP contribution is -2.15. The summed E-state index contributed by atoms with van der Waals surface area (Å²) < 4.78 is 0. The van der Waals surface area contributed by atoms with Crippen LogP contribution in [0.2, 0.25) is 0 Å². The Labute approximate surface area is 258 Å². The molecule has 3 aromatic rings. The van der Waals surface area contributed by atoms with Gasteiger partial charge in [0.05, 0.1) is 4.90 Å². The molecule has 10 N–H and O–H groups in total. The Morgan fingerprint density at radius 2 is 1.24 bits per heavy atom. The van der Waals surface area contributed by atoms with Gasteiger partial charge in [-0.2, -0.15) is 0 Å². The van der Waals surface area contributed by atoms with E-state index in [0.29, 0.717) is 30.8 Å². The molecule has 9 nitrogen and oxygen atoms in total. The Hall–Kier alpha value is -3.12. The maximum absolute atomic E-state index is 12.7. The number of carbonyl (C=O) groups excluding carboxylic acids is 2. The van der Waals surface area contributed by atoms with E-state index in [4.69, 9.17) is 28.7 Å². The summed E-state index contributed by atoms with van der Waals surface area (Å²) in [6.45, 7) is 13.9. The number of hydrogen-bond acceptors (Lipinski definition) is 11. The molecule has 228 valence electrons. The van der Waals surface area contributed by atoms with Crippen molar-refractivity contribution in [2.75, 3.05) is 41.8 Å². The first-order valence-electron chi connectivity index (χ1n) is 13.7. The maximum Gasteiger partial charge on any atom is 0.185 e. The van der Waals surface area contributed by atoms with E-state index < -0.39 is 0 Å². The highest BCUT2D eigenvalue weighted by atomic mass is 32.2. The first-order valence-corrected chi connectivity index (χ1v) is 15.7. The van der Waals surface area contributed by atoms with Gasteiger partial charge in [0.2, 0.25) is 0 Å². The predicted octanol–water partition coefficient (Wildman–Crippen LogP) is 4.84. The number of rotatable bonds is 10. The van der Waals surface area contributed by atoms with Gasteiger partial charge in [-0.3, -0.25) is 9.59 Å². The number of nitrogens with zero attached hydrogens (tertiary/aromatic N) is 2. The number of Topliss-reactive ketones (excluding diaryl/α,β-unsaturated/α-hetero) is 1. The molecule has 11 heteroatoms. The minimum Gasteiger partial charge on any atom is -0.398 e. The summed E-state index contributed by atoms with van der Waals surface area (Å²) in [5, 5.41) is 0. The van der Waals surface area contributed by atoms with Gasteiger partial charge in [0, 0.05) is 53.0 Å². The first-order chi connectivity index (χ1) is 19.6. The molecule has 0 aliphatic rings. The molecule has 3 rings (SSSR count). The molecule has 0 atom stereocenters. The van der Waals surface area contributed by atoms with Gasteiger partial charge in [-0.05, 0) is 51.8 Å². The number of aldehydes is 1. The Balaban J connectivity index is 0.000000330. The van der Waals surface area contributed by atoms with E-state index in [9.17, 15) is 9.59 Å². The van der Waals surface area contributed by atoms with Crippen LogP contribution in [0, 0.1) is 0 Å². The van der Waals surface area contributed by atoms with Gasteiger partial charge in [-0.1, -0.05) is 47.6 Å². The number of carbonyl (C=O) groups is 2. The van der Waals surface area contributed by atoms with Crippen LogP contribution < -0.4 is 28.7 Å². The van der Waals surface area contributed by atoms with Crippen molar-refractivity contribution in [1.29, 1.82) is 0 Å². The molecule has 0 radical (unpaired) electrons. The lowest BCUT2D eigenvalue weighted by Gasteiger charge is -2.22. The first kappa shape index (κ1) is 35.1. The maximum atomic E-state index is 12.7. The van der Waals surface area contributed by atoms with Gasteiger partial charge in [0.25, 0.3) is 0 Å².